The van der Waals surface area contributed by atoms with Gasteiger partial charge in [0.25, 0.3) is 10.0 Å². The van der Waals surface area contributed by atoms with Crippen LogP contribution in [-0.4, -0.2) is 20.4 Å². The number of nitrogens with zero attached hydrogens (tertiary/aromatic N) is 1. The van der Waals surface area contributed by atoms with E-state index in [1.165, 1.54) is 13.1 Å². The van der Waals surface area contributed by atoms with Crippen molar-refractivity contribution in [1.29, 1.82) is 0 Å². The highest BCUT2D eigenvalue weighted by Crippen LogP contribution is 2.13. The van der Waals surface area contributed by atoms with Crippen molar-refractivity contribution in [1.82, 2.24) is 15.0 Å². The predicted octanol–water partition coefficient (Wildman–Crippen LogP) is 1.18. The standard InChI is InChI=1S/C13H17N3O3S/c1-10-7-15-6-5-11(10)8-16-9-12-3-4-13(19-12)20(17,18)14-2/h3-7,14,16H,8-9H2,1-2H3. The first-order chi connectivity index (χ1) is 9.53. The van der Waals surface area contributed by atoms with Crippen LogP contribution in [0.15, 0.2) is 40.1 Å². The molecule has 0 aromatic carbocycles. The maximum atomic E-state index is 11.5. The van der Waals surface area contributed by atoms with Crippen molar-refractivity contribution in [3.05, 3.63) is 47.5 Å². The number of hydrogen-bond acceptors (Lipinski definition) is 5. The van der Waals surface area contributed by atoms with E-state index in [1.54, 1.807) is 12.3 Å². The van der Waals surface area contributed by atoms with Crippen molar-refractivity contribution >= 4 is 10.0 Å². The Bertz CT molecular complexity index is 680. The Labute approximate surface area is 118 Å². The molecule has 2 heterocycles. The lowest BCUT2D eigenvalue weighted by molar-refractivity contribution is 0.400. The normalized spacial score (nSPS) is 11.7. The van der Waals surface area contributed by atoms with Gasteiger partial charge in [0.15, 0.2) is 0 Å². The zero-order chi connectivity index (χ0) is 14.6. The minimum absolute atomic E-state index is 0.0723. The van der Waals surface area contributed by atoms with E-state index in [0.29, 0.717) is 18.8 Å². The Morgan fingerprint density at radius 2 is 2.05 bits per heavy atom. The van der Waals surface area contributed by atoms with Crippen LogP contribution in [0.4, 0.5) is 0 Å². The smallest absolute Gasteiger partial charge is 0.273 e. The first-order valence-corrected chi connectivity index (χ1v) is 7.63. The zero-order valence-corrected chi connectivity index (χ0v) is 12.2. The van der Waals surface area contributed by atoms with Crippen LogP contribution in [0.2, 0.25) is 0 Å². The third-order valence-corrected chi connectivity index (χ3v) is 4.21. The summed E-state index contributed by atoms with van der Waals surface area (Å²) >= 11 is 0. The average Bonchev–Trinajstić information content (AvgIpc) is 2.90. The van der Waals surface area contributed by atoms with Crippen LogP contribution in [0.5, 0.6) is 0 Å². The Morgan fingerprint density at radius 3 is 2.75 bits per heavy atom. The number of sulfonamides is 1. The van der Waals surface area contributed by atoms with Crippen LogP contribution in [0, 0.1) is 6.92 Å². The van der Waals surface area contributed by atoms with E-state index in [-0.39, 0.29) is 5.09 Å². The summed E-state index contributed by atoms with van der Waals surface area (Å²) in [4.78, 5) is 4.03. The maximum Gasteiger partial charge on any atom is 0.273 e. The van der Waals surface area contributed by atoms with Gasteiger partial charge >= 0.3 is 0 Å². The molecule has 0 saturated carbocycles. The van der Waals surface area contributed by atoms with Crippen molar-refractivity contribution in [2.45, 2.75) is 25.1 Å². The molecule has 0 bridgehead atoms. The SMILES string of the molecule is CNS(=O)(=O)c1ccc(CNCc2ccncc2C)o1. The Balaban J connectivity index is 1.94. The van der Waals surface area contributed by atoms with E-state index >= 15 is 0 Å². The molecule has 2 rings (SSSR count). The topological polar surface area (TPSA) is 84.2 Å². The summed E-state index contributed by atoms with van der Waals surface area (Å²) < 4.78 is 30.5. The molecule has 0 aliphatic carbocycles. The molecule has 108 valence electrons. The van der Waals surface area contributed by atoms with E-state index < -0.39 is 10.0 Å². The molecule has 0 radical (unpaired) electrons. The highest BCUT2D eigenvalue weighted by Gasteiger charge is 2.15. The predicted molar refractivity (Wildman–Crippen MR) is 74.5 cm³/mol. The third kappa shape index (κ3) is 3.44. The molecule has 0 fully saturated rings. The largest absolute Gasteiger partial charge is 0.447 e. The van der Waals surface area contributed by atoms with Crippen molar-refractivity contribution in [3.63, 3.8) is 0 Å². The monoisotopic (exact) mass is 295 g/mol. The number of aromatic nitrogens is 1. The van der Waals surface area contributed by atoms with Crippen molar-refractivity contribution in [2.75, 3.05) is 7.05 Å². The van der Waals surface area contributed by atoms with Gasteiger partial charge in [-0.15, -0.1) is 0 Å². The van der Waals surface area contributed by atoms with Gasteiger partial charge in [-0.1, -0.05) is 0 Å². The van der Waals surface area contributed by atoms with E-state index in [0.717, 1.165) is 11.1 Å². The first kappa shape index (κ1) is 14.7. The van der Waals surface area contributed by atoms with E-state index in [1.807, 2.05) is 19.2 Å². The molecule has 0 unspecified atom stereocenters. The molecule has 0 amide bonds. The number of furan rings is 1. The summed E-state index contributed by atoms with van der Waals surface area (Å²) in [6, 6.07) is 5.04. The molecule has 6 nitrogen and oxygen atoms in total. The number of aryl methyl sites for hydroxylation is 1. The van der Waals surface area contributed by atoms with Gasteiger partial charge in [-0.3, -0.25) is 4.98 Å². The molecule has 20 heavy (non-hydrogen) atoms. The lowest BCUT2D eigenvalue weighted by Crippen LogP contribution is -2.18. The summed E-state index contributed by atoms with van der Waals surface area (Å²) in [6.45, 7) is 3.12. The second-order valence-corrected chi connectivity index (χ2v) is 6.15. The fourth-order valence-electron chi connectivity index (χ4n) is 1.72. The minimum atomic E-state index is -3.51. The first-order valence-electron chi connectivity index (χ1n) is 6.15. The summed E-state index contributed by atoms with van der Waals surface area (Å²) in [6.07, 6.45) is 3.55. The second-order valence-electron chi connectivity index (χ2n) is 4.33. The Hall–Kier alpha value is -1.70. The molecule has 0 aliphatic heterocycles. The van der Waals surface area contributed by atoms with Crippen LogP contribution in [0.25, 0.3) is 0 Å². The number of rotatable bonds is 6. The molecular weight excluding hydrogens is 278 g/mol. The van der Waals surface area contributed by atoms with Crippen LogP contribution in [-0.2, 0) is 23.1 Å². The highest BCUT2D eigenvalue weighted by atomic mass is 32.2. The number of nitrogens with one attached hydrogen (secondary N) is 2. The van der Waals surface area contributed by atoms with E-state index in [2.05, 4.69) is 15.0 Å². The molecule has 2 aromatic rings. The molecule has 2 aromatic heterocycles. The minimum Gasteiger partial charge on any atom is -0.447 e. The highest BCUT2D eigenvalue weighted by molar-refractivity contribution is 7.89. The summed E-state index contributed by atoms with van der Waals surface area (Å²) in [5.74, 6) is 0.575. The molecule has 0 spiro atoms. The van der Waals surface area contributed by atoms with Crippen LogP contribution >= 0.6 is 0 Å². The summed E-state index contributed by atoms with van der Waals surface area (Å²) in [5.41, 5.74) is 2.26. The Morgan fingerprint density at radius 1 is 1.25 bits per heavy atom. The fourth-order valence-corrected chi connectivity index (χ4v) is 2.38. The third-order valence-electron chi connectivity index (χ3n) is 2.92. The van der Waals surface area contributed by atoms with Crippen LogP contribution < -0.4 is 10.0 Å². The average molecular weight is 295 g/mol. The Kier molecular flexibility index (Phi) is 4.53. The van der Waals surface area contributed by atoms with Gasteiger partial charge in [-0.2, -0.15) is 0 Å². The molecule has 0 aliphatic rings. The fraction of sp³-hybridized carbons (Fsp3) is 0.308. The number of pyridine rings is 1. The van der Waals surface area contributed by atoms with Gasteiger partial charge in [0, 0.05) is 18.9 Å². The molecule has 0 atom stereocenters. The maximum absolute atomic E-state index is 11.5. The van der Waals surface area contributed by atoms with E-state index in [4.69, 9.17) is 4.42 Å². The molecule has 0 saturated heterocycles. The number of hydrogen-bond donors (Lipinski definition) is 2. The van der Waals surface area contributed by atoms with Crippen LogP contribution in [0.1, 0.15) is 16.9 Å². The van der Waals surface area contributed by atoms with Crippen molar-refractivity contribution in [2.24, 2.45) is 0 Å². The van der Waals surface area contributed by atoms with Crippen LogP contribution in [0.3, 0.4) is 0 Å². The quantitative estimate of drug-likeness (QED) is 0.836. The second kappa shape index (κ2) is 6.17. The van der Waals surface area contributed by atoms with Crippen molar-refractivity contribution < 1.29 is 12.8 Å². The molecule has 2 N–H and O–H groups in total. The summed E-state index contributed by atoms with van der Waals surface area (Å²) in [7, 11) is -2.16. The van der Waals surface area contributed by atoms with Gasteiger partial charge < -0.3 is 9.73 Å². The molecule has 7 heteroatoms. The van der Waals surface area contributed by atoms with Gasteiger partial charge in [0.05, 0.1) is 6.54 Å². The zero-order valence-electron chi connectivity index (χ0n) is 11.4. The van der Waals surface area contributed by atoms with Gasteiger partial charge in [-0.25, -0.2) is 13.1 Å². The lowest BCUT2D eigenvalue weighted by Gasteiger charge is -2.05. The summed E-state index contributed by atoms with van der Waals surface area (Å²) in [5, 5.41) is 3.13. The lowest BCUT2D eigenvalue weighted by atomic mass is 10.1. The van der Waals surface area contributed by atoms with Gasteiger partial charge in [-0.05, 0) is 43.3 Å². The van der Waals surface area contributed by atoms with Crippen molar-refractivity contribution in [3.8, 4) is 0 Å². The van der Waals surface area contributed by atoms with Gasteiger partial charge in [0.1, 0.15) is 5.76 Å². The van der Waals surface area contributed by atoms with E-state index in [9.17, 15) is 8.42 Å². The van der Waals surface area contributed by atoms with Gasteiger partial charge in [0.2, 0.25) is 5.09 Å². The molecular formula is C13H17N3O3S.